The molecule has 0 aliphatic rings. The summed E-state index contributed by atoms with van der Waals surface area (Å²) < 4.78 is 0. The molecule has 0 N–H and O–H groups in total. The Balaban J connectivity index is 3.21. The maximum absolute atomic E-state index is 2.46. The molecule has 0 bridgehead atoms. The van der Waals surface area contributed by atoms with Crippen LogP contribution in [0.25, 0.3) is 0 Å². The molecule has 1 aromatic carbocycles. The number of hydrogen-bond acceptors (Lipinski definition) is 0. The minimum atomic E-state index is 0.225. The molecule has 0 saturated carbocycles. The monoisotopic (exact) mass is 260 g/mol. The van der Waals surface area contributed by atoms with E-state index in [0.717, 1.165) is 0 Å². The van der Waals surface area contributed by atoms with E-state index in [1.807, 2.05) is 0 Å². The van der Waals surface area contributed by atoms with Gasteiger partial charge < -0.3 is 0 Å². The van der Waals surface area contributed by atoms with Gasteiger partial charge in [-0.2, -0.15) is 0 Å². The van der Waals surface area contributed by atoms with E-state index in [9.17, 15) is 0 Å². The van der Waals surface area contributed by atoms with E-state index in [-0.39, 0.29) is 5.41 Å². The lowest BCUT2D eigenvalue weighted by molar-refractivity contribution is 0.145. The van der Waals surface area contributed by atoms with Crippen molar-refractivity contribution in [3.8, 4) is 0 Å². The summed E-state index contributed by atoms with van der Waals surface area (Å²) in [6.07, 6.45) is 3.79. The van der Waals surface area contributed by atoms with Crippen LogP contribution < -0.4 is 0 Å². The Hall–Kier alpha value is -0.780. The largest absolute Gasteiger partial charge is 0.0654 e. The molecular formula is C19H32. The van der Waals surface area contributed by atoms with Crippen LogP contribution in [0.15, 0.2) is 24.3 Å². The van der Waals surface area contributed by atoms with Crippen molar-refractivity contribution in [2.45, 2.75) is 79.1 Å². The molecule has 0 aliphatic heterocycles. The predicted octanol–water partition coefficient (Wildman–Crippen LogP) is 6.30. The Labute approximate surface area is 120 Å². The highest BCUT2D eigenvalue weighted by atomic mass is 14.4. The van der Waals surface area contributed by atoms with Gasteiger partial charge in [0.05, 0.1) is 0 Å². The van der Waals surface area contributed by atoms with Crippen molar-refractivity contribution in [2.75, 3.05) is 0 Å². The van der Waals surface area contributed by atoms with E-state index >= 15 is 0 Å². The average molecular weight is 260 g/mol. The zero-order valence-electron chi connectivity index (χ0n) is 14.0. The van der Waals surface area contributed by atoms with Crippen LogP contribution in [0.4, 0.5) is 0 Å². The van der Waals surface area contributed by atoms with Crippen LogP contribution in [0.3, 0.4) is 0 Å². The van der Waals surface area contributed by atoms with Crippen LogP contribution in [-0.2, 0) is 5.41 Å². The van der Waals surface area contributed by atoms with Crippen molar-refractivity contribution >= 4 is 0 Å². The molecule has 19 heavy (non-hydrogen) atoms. The van der Waals surface area contributed by atoms with Gasteiger partial charge in [-0.05, 0) is 40.7 Å². The summed E-state index contributed by atoms with van der Waals surface area (Å²) in [7, 11) is 0. The Bertz CT molecular complexity index is 400. The van der Waals surface area contributed by atoms with Crippen molar-refractivity contribution in [1.29, 1.82) is 0 Å². The van der Waals surface area contributed by atoms with E-state index in [4.69, 9.17) is 0 Å². The van der Waals surface area contributed by atoms with E-state index in [2.05, 4.69) is 72.7 Å². The molecule has 0 aromatic heterocycles. The van der Waals surface area contributed by atoms with Crippen LogP contribution in [0, 0.1) is 5.41 Å². The maximum Gasteiger partial charge on any atom is -0.00498 e. The van der Waals surface area contributed by atoms with Crippen LogP contribution in [0.1, 0.15) is 84.8 Å². The van der Waals surface area contributed by atoms with Gasteiger partial charge in [0.1, 0.15) is 0 Å². The van der Waals surface area contributed by atoms with Crippen molar-refractivity contribution < 1.29 is 0 Å². The second-order valence-corrected chi connectivity index (χ2v) is 7.07. The summed E-state index contributed by atoms with van der Waals surface area (Å²) in [5.74, 6) is 0.606. The van der Waals surface area contributed by atoms with Gasteiger partial charge in [0.2, 0.25) is 0 Å². The molecule has 1 aromatic rings. The molecule has 0 aliphatic carbocycles. The van der Waals surface area contributed by atoms with Crippen molar-refractivity contribution in [3.05, 3.63) is 35.4 Å². The highest BCUT2D eigenvalue weighted by Crippen LogP contribution is 2.47. The zero-order chi connectivity index (χ0) is 14.7. The second kappa shape index (κ2) is 6.11. The molecule has 0 saturated heterocycles. The first kappa shape index (κ1) is 16.3. The SMILES string of the molecule is CCCC(C)(CC)C(C)(C)c1cccc(C(C)C)c1. The fourth-order valence-electron chi connectivity index (χ4n) is 3.12. The highest BCUT2D eigenvalue weighted by Gasteiger charge is 2.39. The Morgan fingerprint density at radius 3 is 2.16 bits per heavy atom. The minimum Gasteiger partial charge on any atom is -0.0654 e. The third-order valence-electron chi connectivity index (χ3n) is 5.37. The highest BCUT2D eigenvalue weighted by molar-refractivity contribution is 5.32. The number of rotatable bonds is 6. The average Bonchev–Trinajstić information content (AvgIpc) is 2.38. The lowest BCUT2D eigenvalue weighted by Crippen LogP contribution is -2.38. The minimum absolute atomic E-state index is 0.225. The number of hydrogen-bond donors (Lipinski definition) is 0. The third-order valence-corrected chi connectivity index (χ3v) is 5.37. The molecular weight excluding hydrogens is 228 g/mol. The standard InChI is InChI=1S/C19H32/c1-8-13-19(7,9-2)18(5,6)17-12-10-11-16(14-17)15(3)4/h10-12,14-15H,8-9,13H2,1-7H3. The van der Waals surface area contributed by atoms with Crippen molar-refractivity contribution in [2.24, 2.45) is 5.41 Å². The van der Waals surface area contributed by atoms with Crippen molar-refractivity contribution in [3.63, 3.8) is 0 Å². The normalized spacial score (nSPS) is 15.6. The van der Waals surface area contributed by atoms with Crippen LogP contribution in [0.5, 0.6) is 0 Å². The zero-order valence-corrected chi connectivity index (χ0v) is 14.0. The summed E-state index contributed by atoms with van der Waals surface area (Å²) in [6, 6.07) is 9.23. The second-order valence-electron chi connectivity index (χ2n) is 7.07. The first-order valence-electron chi connectivity index (χ1n) is 7.89. The fourth-order valence-corrected chi connectivity index (χ4v) is 3.12. The van der Waals surface area contributed by atoms with Gasteiger partial charge in [0.25, 0.3) is 0 Å². The molecule has 0 radical (unpaired) electrons. The van der Waals surface area contributed by atoms with Crippen LogP contribution in [-0.4, -0.2) is 0 Å². The summed E-state index contributed by atoms with van der Waals surface area (Å²) in [5.41, 5.74) is 3.55. The lowest BCUT2D eigenvalue weighted by Gasteiger charge is -2.45. The first-order valence-corrected chi connectivity index (χ1v) is 7.89. The molecule has 0 nitrogen and oxygen atoms in total. The summed E-state index contributed by atoms with van der Waals surface area (Å²) >= 11 is 0. The molecule has 0 fully saturated rings. The molecule has 1 unspecified atom stereocenters. The third kappa shape index (κ3) is 3.22. The van der Waals surface area contributed by atoms with Gasteiger partial charge >= 0.3 is 0 Å². The Morgan fingerprint density at radius 1 is 1.05 bits per heavy atom. The maximum atomic E-state index is 2.46. The predicted molar refractivity (Wildman–Crippen MR) is 86.9 cm³/mol. The first-order chi connectivity index (χ1) is 8.78. The van der Waals surface area contributed by atoms with Crippen LogP contribution in [0.2, 0.25) is 0 Å². The van der Waals surface area contributed by atoms with Crippen LogP contribution >= 0.6 is 0 Å². The van der Waals surface area contributed by atoms with E-state index in [1.54, 1.807) is 0 Å². The fraction of sp³-hybridized carbons (Fsp3) is 0.684. The Morgan fingerprint density at radius 2 is 1.68 bits per heavy atom. The summed E-state index contributed by atoms with van der Waals surface area (Å²) in [6.45, 7) is 16.5. The van der Waals surface area contributed by atoms with Gasteiger partial charge in [-0.25, -0.2) is 0 Å². The molecule has 0 heterocycles. The quantitative estimate of drug-likeness (QED) is 0.562. The van der Waals surface area contributed by atoms with E-state index in [0.29, 0.717) is 11.3 Å². The molecule has 0 spiro atoms. The Kier molecular flexibility index (Phi) is 5.24. The smallest absolute Gasteiger partial charge is 0.00498 e. The molecule has 0 heteroatoms. The van der Waals surface area contributed by atoms with Gasteiger partial charge in [0, 0.05) is 0 Å². The molecule has 0 amide bonds. The molecule has 1 rings (SSSR count). The van der Waals surface area contributed by atoms with Gasteiger partial charge in [-0.1, -0.05) is 79.2 Å². The topological polar surface area (TPSA) is 0 Å². The summed E-state index contributed by atoms with van der Waals surface area (Å²) in [5, 5.41) is 0. The molecule has 108 valence electrons. The van der Waals surface area contributed by atoms with Gasteiger partial charge in [0.15, 0.2) is 0 Å². The molecule has 1 atom stereocenters. The van der Waals surface area contributed by atoms with E-state index in [1.165, 1.54) is 30.4 Å². The van der Waals surface area contributed by atoms with Crippen molar-refractivity contribution in [1.82, 2.24) is 0 Å². The van der Waals surface area contributed by atoms with Gasteiger partial charge in [-0.15, -0.1) is 0 Å². The lowest BCUT2D eigenvalue weighted by atomic mass is 9.59. The van der Waals surface area contributed by atoms with Gasteiger partial charge in [-0.3, -0.25) is 0 Å². The number of benzene rings is 1. The van der Waals surface area contributed by atoms with E-state index < -0.39 is 0 Å². The summed E-state index contributed by atoms with van der Waals surface area (Å²) in [4.78, 5) is 0.